The van der Waals surface area contributed by atoms with E-state index in [1.807, 2.05) is 0 Å². The highest BCUT2D eigenvalue weighted by atomic mass is 14.7. The second kappa shape index (κ2) is 9.37. The second-order valence-corrected chi connectivity index (χ2v) is 9.62. The van der Waals surface area contributed by atoms with Gasteiger partial charge in [-0.2, -0.15) is 5.26 Å². The molecule has 0 radical (unpaired) electrons. The van der Waals surface area contributed by atoms with Gasteiger partial charge in [-0.25, -0.2) is 0 Å². The smallest absolute Gasteiger partial charge is 0.0670 e. The van der Waals surface area contributed by atoms with Gasteiger partial charge in [0, 0.05) is 11.4 Å². The van der Waals surface area contributed by atoms with Crippen molar-refractivity contribution in [3.8, 4) is 17.2 Å². The fourth-order valence-electron chi connectivity index (χ4n) is 3.83. The fourth-order valence-corrected chi connectivity index (χ4v) is 3.83. The summed E-state index contributed by atoms with van der Waals surface area (Å²) in [7, 11) is 0. The Morgan fingerprint density at radius 1 is 1.04 bits per heavy atom. The summed E-state index contributed by atoms with van der Waals surface area (Å²) in [6, 6.07) is 11.2. The minimum absolute atomic E-state index is 0.156. The summed E-state index contributed by atoms with van der Waals surface area (Å²) in [6.07, 6.45) is 4.34. The minimum Gasteiger partial charge on any atom is -0.257 e. The van der Waals surface area contributed by atoms with E-state index in [0.29, 0.717) is 12.3 Å². The molecule has 0 aliphatic carbocycles. The minimum atomic E-state index is 0.156. The summed E-state index contributed by atoms with van der Waals surface area (Å²) in [5, 5.41) is 9.59. The Balaban J connectivity index is 2.88. The van der Waals surface area contributed by atoms with Gasteiger partial charge in [-0.15, -0.1) is 0 Å². The first-order valence-corrected chi connectivity index (χ1v) is 10.6. The molecule has 2 nitrogen and oxygen atoms in total. The van der Waals surface area contributed by atoms with Crippen LogP contribution in [0.25, 0.3) is 11.1 Å². The second-order valence-electron chi connectivity index (χ2n) is 9.62. The van der Waals surface area contributed by atoms with E-state index in [1.165, 1.54) is 27.9 Å². The predicted molar refractivity (Wildman–Crippen MR) is 119 cm³/mol. The Morgan fingerprint density at radius 3 is 2.18 bits per heavy atom. The topological polar surface area (TPSA) is 36.7 Å². The van der Waals surface area contributed by atoms with Gasteiger partial charge in [0.1, 0.15) is 0 Å². The van der Waals surface area contributed by atoms with Crippen LogP contribution in [0.2, 0.25) is 0 Å². The molecule has 2 heteroatoms. The summed E-state index contributed by atoms with van der Waals surface area (Å²) < 4.78 is 0. The Bertz CT molecular complexity index is 831. The highest BCUT2D eigenvalue weighted by Crippen LogP contribution is 2.37. The van der Waals surface area contributed by atoms with E-state index in [-0.39, 0.29) is 5.41 Å². The third-order valence-electron chi connectivity index (χ3n) is 4.96. The zero-order chi connectivity index (χ0) is 20.9. The summed E-state index contributed by atoms with van der Waals surface area (Å²) >= 11 is 0. The number of nitriles is 1. The summed E-state index contributed by atoms with van der Waals surface area (Å²) in [4.78, 5) is 5.16. The first-order chi connectivity index (χ1) is 13.2. The lowest BCUT2D eigenvalue weighted by Gasteiger charge is -2.26. The zero-order valence-electron chi connectivity index (χ0n) is 18.8. The number of benzene rings is 1. The monoisotopic (exact) mass is 376 g/mol. The van der Waals surface area contributed by atoms with Gasteiger partial charge in [-0.1, -0.05) is 77.8 Å². The number of hydrogen-bond acceptors (Lipinski definition) is 2. The van der Waals surface area contributed by atoms with E-state index in [0.717, 1.165) is 36.9 Å². The molecule has 2 aromatic rings. The van der Waals surface area contributed by atoms with E-state index in [2.05, 4.69) is 78.8 Å². The first-order valence-electron chi connectivity index (χ1n) is 10.6. The molecule has 150 valence electrons. The fraction of sp³-hybridized carbons (Fsp3) is 0.538. The summed E-state index contributed by atoms with van der Waals surface area (Å²) in [5.41, 5.74) is 8.73. The summed E-state index contributed by atoms with van der Waals surface area (Å²) in [6.45, 7) is 15.7. The molecule has 1 heterocycles. The SMILES string of the molecule is CCCc1nc(CC(C)C)c(CC(C)(C)C)c(-c2ccc(C)cc2)c1CC#N. The third kappa shape index (κ3) is 5.68. The van der Waals surface area contributed by atoms with Crippen molar-refractivity contribution < 1.29 is 0 Å². The standard InChI is InChI=1S/C26H36N2/c1-8-9-23-21(14-15-27)25(20-12-10-19(4)11-13-20)22(17-26(5,6)7)24(28-23)16-18(2)3/h10-13,18H,8-9,14,16-17H2,1-7H3. The van der Waals surface area contributed by atoms with Crippen LogP contribution >= 0.6 is 0 Å². The molecular formula is C26H36N2. The lowest BCUT2D eigenvalue weighted by molar-refractivity contribution is 0.408. The molecule has 2 rings (SSSR count). The van der Waals surface area contributed by atoms with Crippen LogP contribution in [0.3, 0.4) is 0 Å². The molecule has 1 aromatic heterocycles. The van der Waals surface area contributed by atoms with Gasteiger partial charge >= 0.3 is 0 Å². The number of pyridine rings is 1. The first kappa shape index (κ1) is 22.2. The maximum absolute atomic E-state index is 9.59. The average Bonchev–Trinajstić information content (AvgIpc) is 2.58. The van der Waals surface area contributed by atoms with Crippen molar-refractivity contribution >= 4 is 0 Å². The molecule has 0 saturated heterocycles. The van der Waals surface area contributed by atoms with Crippen molar-refractivity contribution in [3.63, 3.8) is 0 Å². The highest BCUT2D eigenvalue weighted by Gasteiger charge is 2.24. The average molecular weight is 377 g/mol. The van der Waals surface area contributed by atoms with Crippen LogP contribution in [0.4, 0.5) is 0 Å². The van der Waals surface area contributed by atoms with Crippen molar-refractivity contribution in [2.45, 2.75) is 80.6 Å². The number of nitrogens with zero attached hydrogens (tertiary/aromatic N) is 2. The van der Waals surface area contributed by atoms with Crippen LogP contribution in [-0.2, 0) is 25.7 Å². The summed E-state index contributed by atoms with van der Waals surface area (Å²) in [5.74, 6) is 0.549. The number of aryl methyl sites for hydroxylation is 2. The van der Waals surface area contributed by atoms with Crippen molar-refractivity contribution in [1.82, 2.24) is 4.98 Å². The molecular weight excluding hydrogens is 340 g/mol. The van der Waals surface area contributed by atoms with Crippen molar-refractivity contribution in [2.24, 2.45) is 11.3 Å². The maximum Gasteiger partial charge on any atom is 0.0670 e. The lowest BCUT2D eigenvalue weighted by Crippen LogP contribution is -2.17. The van der Waals surface area contributed by atoms with Crippen molar-refractivity contribution in [1.29, 1.82) is 5.26 Å². The molecule has 0 aliphatic rings. The van der Waals surface area contributed by atoms with Gasteiger partial charge in [0.05, 0.1) is 12.5 Å². The lowest BCUT2D eigenvalue weighted by atomic mass is 9.80. The molecule has 0 aliphatic heterocycles. The number of hydrogen-bond donors (Lipinski definition) is 0. The van der Waals surface area contributed by atoms with E-state index in [1.54, 1.807) is 0 Å². The number of aromatic nitrogens is 1. The molecule has 0 unspecified atom stereocenters. The van der Waals surface area contributed by atoms with Crippen LogP contribution in [-0.4, -0.2) is 4.98 Å². The Hall–Kier alpha value is -2.14. The molecule has 0 bridgehead atoms. The largest absolute Gasteiger partial charge is 0.257 e. The Labute approximate surface area is 172 Å². The van der Waals surface area contributed by atoms with Crippen molar-refractivity contribution in [3.05, 3.63) is 52.3 Å². The molecule has 0 spiro atoms. The molecule has 1 aromatic carbocycles. The van der Waals surface area contributed by atoms with Gasteiger partial charge in [0.15, 0.2) is 0 Å². The Morgan fingerprint density at radius 2 is 1.68 bits per heavy atom. The van der Waals surface area contributed by atoms with Crippen LogP contribution in [0.1, 0.15) is 76.0 Å². The van der Waals surface area contributed by atoms with Gasteiger partial charge in [0.2, 0.25) is 0 Å². The van der Waals surface area contributed by atoms with E-state index < -0.39 is 0 Å². The molecule has 0 fully saturated rings. The molecule has 0 saturated carbocycles. The predicted octanol–water partition coefficient (Wildman–Crippen LogP) is 6.86. The molecule has 28 heavy (non-hydrogen) atoms. The van der Waals surface area contributed by atoms with Gasteiger partial charge < -0.3 is 0 Å². The number of rotatable bonds is 7. The van der Waals surface area contributed by atoms with Crippen LogP contribution in [0.5, 0.6) is 0 Å². The van der Waals surface area contributed by atoms with E-state index >= 15 is 0 Å². The van der Waals surface area contributed by atoms with Crippen LogP contribution in [0, 0.1) is 29.6 Å². The van der Waals surface area contributed by atoms with Crippen LogP contribution in [0.15, 0.2) is 24.3 Å². The normalized spacial score (nSPS) is 11.7. The molecule has 0 N–H and O–H groups in total. The highest BCUT2D eigenvalue weighted by molar-refractivity contribution is 5.73. The van der Waals surface area contributed by atoms with E-state index in [9.17, 15) is 5.26 Å². The van der Waals surface area contributed by atoms with Gasteiger partial charge in [-0.05, 0) is 59.8 Å². The van der Waals surface area contributed by atoms with Gasteiger partial charge in [0.25, 0.3) is 0 Å². The van der Waals surface area contributed by atoms with Gasteiger partial charge in [-0.3, -0.25) is 4.98 Å². The third-order valence-corrected chi connectivity index (χ3v) is 4.96. The molecule has 0 atom stereocenters. The maximum atomic E-state index is 9.59. The Kier molecular flexibility index (Phi) is 7.41. The quantitative estimate of drug-likeness (QED) is 0.529. The zero-order valence-corrected chi connectivity index (χ0v) is 18.8. The van der Waals surface area contributed by atoms with Crippen LogP contribution < -0.4 is 0 Å². The van der Waals surface area contributed by atoms with E-state index in [4.69, 9.17) is 4.98 Å². The molecule has 0 amide bonds. The van der Waals surface area contributed by atoms with Crippen molar-refractivity contribution in [2.75, 3.05) is 0 Å².